The zero-order valence-electron chi connectivity index (χ0n) is 3.34. The average Bonchev–Trinajstić information content (AvgIpc) is 1.33. The third kappa shape index (κ3) is 69.0. The molecule has 0 rings (SSSR count). The molecule has 0 bridgehead atoms. The molecule has 0 saturated carbocycles. The smallest absolute Gasteiger partial charge is 0 e. The molecule has 0 radical (unpaired) electrons. The van der Waals surface area contributed by atoms with Crippen LogP contribution < -0.4 is 0 Å². The van der Waals surface area contributed by atoms with Gasteiger partial charge in [0, 0.05) is 20.4 Å². The Morgan fingerprint density at radius 3 is 1.25 bits per heavy atom. The van der Waals surface area contributed by atoms with Gasteiger partial charge in [-0.15, -0.1) is 32.4 Å². The van der Waals surface area contributed by atoms with E-state index in [1.165, 1.54) is 0 Å². The summed E-state index contributed by atoms with van der Waals surface area (Å²) in [5, 5.41) is 0. The summed E-state index contributed by atoms with van der Waals surface area (Å²) in [6.45, 7) is 0. The van der Waals surface area contributed by atoms with Gasteiger partial charge in [0.25, 0.3) is 0 Å². The second-order valence-corrected chi connectivity index (χ2v) is 4.88. The monoisotopic (exact) mass is 348 g/mol. The fourth-order valence-corrected chi connectivity index (χ4v) is 0. The second kappa shape index (κ2) is 16.4. The number of halogens is 4. The molecule has 0 aromatic carbocycles. The number of rotatable bonds is 0. The van der Waals surface area contributed by atoms with Crippen molar-refractivity contribution in [1.82, 2.24) is 0 Å². The van der Waals surface area contributed by atoms with Crippen LogP contribution in [0.15, 0.2) is 0 Å². The molecule has 0 saturated heterocycles. The van der Waals surface area contributed by atoms with E-state index in [0.29, 0.717) is 0 Å². The molecule has 1 unspecified atom stereocenters. The second-order valence-electron chi connectivity index (χ2n) is 0.385. The van der Waals surface area contributed by atoms with Gasteiger partial charge in [0.2, 0.25) is 0 Å². The van der Waals surface area contributed by atoms with Gasteiger partial charge >= 0.3 is 33.3 Å². The predicted molar refractivity (Wildman–Crippen MR) is 36.9 cm³/mol. The maximum atomic E-state index is 5.00. The Morgan fingerprint density at radius 2 is 1.25 bits per heavy atom. The Bertz CT molecular complexity index is 27.2. The van der Waals surface area contributed by atoms with Crippen LogP contribution in [0, 0.1) is 0 Å². The fourth-order valence-electron chi connectivity index (χ4n) is 0. The first-order valence-electron chi connectivity index (χ1n) is 1.04. The van der Waals surface area contributed by atoms with Crippen molar-refractivity contribution in [3.63, 3.8) is 0 Å². The summed E-state index contributed by atoms with van der Waals surface area (Å²) in [5.74, 6) is 0. The standard InChI is InChI=1S/CH3Cl2P.2ClH.Fe.Pd/c2-1(3)4;;;;/h1H,4H2;2*1H;;/q;;;+2;/p-2. The van der Waals surface area contributed by atoms with E-state index in [-0.39, 0.29) is 38.1 Å². The molecule has 7 heteroatoms. The van der Waals surface area contributed by atoms with E-state index in [1.54, 1.807) is 0 Å². The van der Waals surface area contributed by atoms with E-state index in [9.17, 15) is 0 Å². The van der Waals surface area contributed by atoms with Gasteiger partial charge in [-0.25, -0.2) is 0 Å². The van der Waals surface area contributed by atoms with Gasteiger partial charge in [-0.1, -0.05) is 0 Å². The Morgan fingerprint density at radius 1 is 1.25 bits per heavy atom. The van der Waals surface area contributed by atoms with Gasteiger partial charge in [0.05, 0.1) is 0 Å². The first kappa shape index (κ1) is 17.0. The SMILES string of the molecule is PC(Cl)Cl.[Cl][Fe][Cl].[Pd]. The topological polar surface area (TPSA) is 0 Å². The molecule has 0 nitrogen and oxygen atoms in total. The maximum Gasteiger partial charge on any atom is 0 e. The molecule has 58 valence electrons. The Labute approximate surface area is 89.8 Å². The van der Waals surface area contributed by atoms with Gasteiger partial charge in [0.15, 0.2) is 0 Å². The first-order chi connectivity index (χ1) is 3.15. The minimum atomic E-state index is -0.306. The van der Waals surface area contributed by atoms with E-state index in [0.717, 1.165) is 0 Å². The van der Waals surface area contributed by atoms with Crippen molar-refractivity contribution in [3.8, 4) is 0 Å². The number of hydrogen-bond acceptors (Lipinski definition) is 0. The molecular weight excluding hydrogens is 347 g/mol. The van der Waals surface area contributed by atoms with Crippen molar-refractivity contribution in [1.29, 1.82) is 0 Å². The zero-order valence-corrected chi connectivity index (χ0v) is 10.2. The van der Waals surface area contributed by atoms with Gasteiger partial charge in [-0.2, -0.15) is 0 Å². The number of hydrogen-bond donors (Lipinski definition) is 0. The van der Waals surface area contributed by atoms with E-state index in [1.807, 2.05) is 0 Å². The normalized spacial score (nSPS) is 7.25. The molecule has 0 heterocycles. The van der Waals surface area contributed by atoms with E-state index >= 15 is 0 Å². The largest absolute Gasteiger partial charge is 0 e. The zero-order chi connectivity index (χ0) is 6.28. The molecule has 0 amide bonds. The fraction of sp³-hybridized carbons (Fsp3) is 1.00. The Balaban J connectivity index is -0.0000000575. The summed E-state index contributed by atoms with van der Waals surface area (Å²) < 4.78 is -0.306. The Hall–Kier alpha value is 2.77. The van der Waals surface area contributed by atoms with Gasteiger partial charge in [0.1, 0.15) is 4.58 Å². The summed E-state index contributed by atoms with van der Waals surface area (Å²) in [6, 6.07) is 0. The van der Waals surface area contributed by atoms with Gasteiger partial charge < -0.3 is 0 Å². The predicted octanol–water partition coefficient (Wildman–Crippen LogP) is 3.00. The van der Waals surface area contributed by atoms with Crippen LogP contribution in [-0.2, 0) is 33.6 Å². The van der Waals surface area contributed by atoms with E-state index in [4.69, 9.17) is 43.4 Å². The molecule has 0 N–H and O–H groups in total. The quantitative estimate of drug-likeness (QED) is 0.358. The van der Waals surface area contributed by atoms with Crippen molar-refractivity contribution < 1.29 is 33.6 Å². The van der Waals surface area contributed by atoms with Crippen molar-refractivity contribution >= 4 is 52.6 Å². The maximum absolute atomic E-state index is 5.00. The van der Waals surface area contributed by atoms with Crippen LogP contribution in [0.2, 0.25) is 0 Å². The average molecular weight is 350 g/mol. The number of alkyl halides is 2. The van der Waals surface area contributed by atoms with Crippen LogP contribution in [-0.4, -0.2) is 4.58 Å². The summed E-state index contributed by atoms with van der Waals surface area (Å²) in [6.07, 6.45) is 0. The van der Waals surface area contributed by atoms with Crippen molar-refractivity contribution in [2.75, 3.05) is 0 Å². The molecule has 0 aliphatic carbocycles. The van der Waals surface area contributed by atoms with E-state index < -0.39 is 0 Å². The molecule has 1 atom stereocenters. The van der Waals surface area contributed by atoms with Crippen molar-refractivity contribution in [3.05, 3.63) is 0 Å². The van der Waals surface area contributed by atoms with Gasteiger partial charge in [-0.3, -0.25) is 0 Å². The van der Waals surface area contributed by atoms with Crippen LogP contribution in [0.25, 0.3) is 0 Å². The minimum absolute atomic E-state index is 0. The van der Waals surface area contributed by atoms with E-state index in [2.05, 4.69) is 9.24 Å². The summed E-state index contributed by atoms with van der Waals surface area (Å²) in [5.41, 5.74) is 0. The first-order valence-corrected chi connectivity index (χ1v) is 5.62. The van der Waals surface area contributed by atoms with Crippen molar-refractivity contribution in [2.45, 2.75) is 4.58 Å². The summed E-state index contributed by atoms with van der Waals surface area (Å²) >= 11 is 10.2. The van der Waals surface area contributed by atoms with Crippen LogP contribution in [0.5, 0.6) is 0 Å². The Kier molecular flexibility index (Phi) is 34.9. The molecule has 8 heavy (non-hydrogen) atoms. The third-order valence-electron chi connectivity index (χ3n) is 0. The minimum Gasteiger partial charge on any atom is 0 e. The third-order valence-corrected chi connectivity index (χ3v) is 0. The van der Waals surface area contributed by atoms with Crippen LogP contribution in [0.3, 0.4) is 0 Å². The molecule has 0 spiro atoms. The van der Waals surface area contributed by atoms with Crippen molar-refractivity contribution in [2.24, 2.45) is 0 Å². The van der Waals surface area contributed by atoms with Crippen LogP contribution >= 0.6 is 52.6 Å². The molecule has 0 aromatic heterocycles. The van der Waals surface area contributed by atoms with Crippen LogP contribution in [0.4, 0.5) is 0 Å². The summed E-state index contributed by atoms with van der Waals surface area (Å²) in [4.78, 5) is 0. The molecule has 0 fully saturated rings. The molecule has 0 aliphatic rings. The summed E-state index contributed by atoms with van der Waals surface area (Å²) in [7, 11) is 11.7. The molecule has 0 aromatic rings. The molecule has 0 aliphatic heterocycles. The van der Waals surface area contributed by atoms with Crippen LogP contribution in [0.1, 0.15) is 0 Å². The molecular formula is CH3Cl4FePPd. The van der Waals surface area contributed by atoms with Gasteiger partial charge in [-0.05, 0) is 0 Å².